The van der Waals surface area contributed by atoms with Gasteiger partial charge >= 0.3 is 0 Å². The standard InChI is InChI=1S/C26H27Cl2N7O4/c1-13-4-3-5-35(13)20-8-19(18(28)9-30-20)32-21(36)11-34-10-16(22-25(34)31-12-33(2)26(22)39)14-6-15(24(29)38)23(37)17(27)7-14/h6-10,12-13,21,36-37H,3-5,11H2,1-2H3,(H2,29,38)(H,30,32)/t13-,21?/m0/s1. The number of aryl methyl sites for hydroxylation is 1. The van der Waals surface area contributed by atoms with Crippen LogP contribution in [0.5, 0.6) is 5.75 Å². The Morgan fingerprint density at radius 2 is 2.03 bits per heavy atom. The predicted molar refractivity (Wildman–Crippen MR) is 151 cm³/mol. The molecule has 1 saturated heterocycles. The number of aromatic nitrogens is 4. The van der Waals surface area contributed by atoms with Crippen LogP contribution in [0.15, 0.2) is 41.7 Å². The fourth-order valence-corrected chi connectivity index (χ4v) is 5.32. The average Bonchev–Trinajstić information content (AvgIpc) is 3.48. The smallest absolute Gasteiger partial charge is 0.263 e. The highest BCUT2D eigenvalue weighted by Gasteiger charge is 2.24. The van der Waals surface area contributed by atoms with E-state index in [0.29, 0.717) is 33.5 Å². The molecule has 4 heterocycles. The van der Waals surface area contributed by atoms with Crippen molar-refractivity contribution in [2.75, 3.05) is 16.8 Å². The number of aromatic hydroxyl groups is 1. The molecule has 11 nitrogen and oxygen atoms in total. The Morgan fingerprint density at radius 1 is 1.26 bits per heavy atom. The van der Waals surface area contributed by atoms with Crippen LogP contribution in [0.25, 0.3) is 22.2 Å². The highest BCUT2D eigenvalue weighted by molar-refractivity contribution is 6.33. The molecule has 1 unspecified atom stereocenters. The second kappa shape index (κ2) is 10.4. The Kier molecular flexibility index (Phi) is 7.15. The number of anilines is 2. The van der Waals surface area contributed by atoms with E-state index in [-0.39, 0.29) is 28.1 Å². The maximum absolute atomic E-state index is 13.1. The van der Waals surface area contributed by atoms with Gasteiger partial charge in [0.1, 0.15) is 23.4 Å². The number of hydrogen-bond donors (Lipinski definition) is 4. The molecule has 1 amide bonds. The van der Waals surface area contributed by atoms with Gasteiger partial charge in [0.15, 0.2) is 0 Å². The zero-order chi connectivity index (χ0) is 28.0. The number of hydrogen-bond acceptors (Lipinski definition) is 8. The minimum absolute atomic E-state index is 0.000732. The third kappa shape index (κ3) is 5.00. The molecular weight excluding hydrogens is 545 g/mol. The van der Waals surface area contributed by atoms with Gasteiger partial charge in [-0.05, 0) is 37.5 Å². The molecule has 2 atom stereocenters. The molecule has 1 aliphatic rings. The highest BCUT2D eigenvalue weighted by atomic mass is 35.5. The molecule has 39 heavy (non-hydrogen) atoms. The molecule has 0 bridgehead atoms. The zero-order valence-electron chi connectivity index (χ0n) is 21.2. The maximum atomic E-state index is 13.1. The number of amides is 1. The first-order valence-corrected chi connectivity index (χ1v) is 13.0. The lowest BCUT2D eigenvalue weighted by Gasteiger charge is -2.24. The van der Waals surface area contributed by atoms with E-state index in [0.717, 1.165) is 25.2 Å². The van der Waals surface area contributed by atoms with Crippen LogP contribution < -0.4 is 21.5 Å². The topological polar surface area (TPSA) is 152 Å². The van der Waals surface area contributed by atoms with E-state index in [4.69, 9.17) is 28.9 Å². The number of fused-ring (bicyclic) bond motifs is 1. The van der Waals surface area contributed by atoms with Gasteiger partial charge in [0.05, 0.1) is 39.6 Å². The number of nitrogens with two attached hydrogens (primary N) is 1. The third-order valence-electron chi connectivity index (χ3n) is 6.96. The molecule has 0 spiro atoms. The summed E-state index contributed by atoms with van der Waals surface area (Å²) in [5, 5.41) is 24.7. The molecule has 5 rings (SSSR count). The summed E-state index contributed by atoms with van der Waals surface area (Å²) in [5.74, 6) is -0.547. The second-order valence-electron chi connectivity index (χ2n) is 9.64. The first-order chi connectivity index (χ1) is 18.5. The average molecular weight is 572 g/mol. The largest absolute Gasteiger partial charge is 0.506 e. The van der Waals surface area contributed by atoms with E-state index < -0.39 is 17.9 Å². The zero-order valence-corrected chi connectivity index (χ0v) is 22.7. The summed E-state index contributed by atoms with van der Waals surface area (Å²) in [6.45, 7) is 3.04. The van der Waals surface area contributed by atoms with Crippen LogP contribution in [0.2, 0.25) is 10.0 Å². The predicted octanol–water partition coefficient (Wildman–Crippen LogP) is 3.33. The van der Waals surface area contributed by atoms with Crippen LogP contribution in [-0.2, 0) is 13.6 Å². The third-order valence-corrected chi connectivity index (χ3v) is 7.55. The molecule has 0 radical (unpaired) electrons. The van der Waals surface area contributed by atoms with Crippen LogP contribution in [-0.4, -0.2) is 54.0 Å². The summed E-state index contributed by atoms with van der Waals surface area (Å²) in [6, 6.07) is 4.96. The van der Waals surface area contributed by atoms with E-state index in [1.165, 1.54) is 23.0 Å². The number of benzene rings is 1. The summed E-state index contributed by atoms with van der Waals surface area (Å²) < 4.78 is 2.94. The summed E-state index contributed by atoms with van der Waals surface area (Å²) in [4.78, 5) is 36.1. The van der Waals surface area contributed by atoms with Crippen molar-refractivity contribution in [3.05, 3.63) is 62.9 Å². The van der Waals surface area contributed by atoms with Crippen molar-refractivity contribution in [2.45, 2.75) is 38.6 Å². The maximum Gasteiger partial charge on any atom is 0.263 e. The summed E-state index contributed by atoms with van der Waals surface area (Å²) in [5.41, 5.74) is 6.50. The molecule has 0 aliphatic carbocycles. The van der Waals surface area contributed by atoms with Gasteiger partial charge in [-0.25, -0.2) is 9.97 Å². The van der Waals surface area contributed by atoms with Gasteiger partial charge in [0.2, 0.25) is 0 Å². The van der Waals surface area contributed by atoms with E-state index in [1.807, 2.05) is 6.07 Å². The van der Waals surface area contributed by atoms with Crippen molar-refractivity contribution in [1.82, 2.24) is 19.1 Å². The second-order valence-corrected chi connectivity index (χ2v) is 10.5. The van der Waals surface area contributed by atoms with Crippen LogP contribution >= 0.6 is 23.2 Å². The van der Waals surface area contributed by atoms with Crippen LogP contribution in [0, 0.1) is 0 Å². The molecular formula is C26H27Cl2N7O4. The number of aliphatic hydroxyl groups is 1. The van der Waals surface area contributed by atoms with E-state index in [1.54, 1.807) is 24.0 Å². The SMILES string of the molecule is C[C@H]1CCCN1c1cc(NC(O)Cn2cc(-c3cc(Cl)c(O)c(C(N)=O)c3)c3c(=O)n(C)cnc32)c(Cl)cn1. The van der Waals surface area contributed by atoms with Crippen molar-refractivity contribution in [3.63, 3.8) is 0 Å². The lowest BCUT2D eigenvalue weighted by atomic mass is 10.0. The van der Waals surface area contributed by atoms with Crippen LogP contribution in [0.4, 0.5) is 11.5 Å². The molecule has 1 fully saturated rings. The van der Waals surface area contributed by atoms with Gasteiger partial charge in [-0.1, -0.05) is 23.2 Å². The normalized spacial score (nSPS) is 16.1. The van der Waals surface area contributed by atoms with Crippen molar-refractivity contribution in [2.24, 2.45) is 12.8 Å². The minimum atomic E-state index is -1.12. The Bertz CT molecular complexity index is 1650. The Morgan fingerprint density at radius 3 is 2.72 bits per heavy atom. The van der Waals surface area contributed by atoms with Crippen molar-refractivity contribution in [1.29, 1.82) is 0 Å². The first kappa shape index (κ1) is 26.8. The van der Waals surface area contributed by atoms with Crippen LogP contribution in [0.3, 0.4) is 0 Å². The molecule has 0 saturated carbocycles. The number of halogens is 2. The fourth-order valence-electron chi connectivity index (χ4n) is 4.95. The fraction of sp³-hybridized carbons (Fsp3) is 0.308. The lowest BCUT2D eigenvalue weighted by molar-refractivity contribution is 0.0997. The van der Waals surface area contributed by atoms with E-state index in [2.05, 4.69) is 27.1 Å². The molecule has 1 aliphatic heterocycles. The van der Waals surface area contributed by atoms with Gasteiger partial charge < -0.3 is 35.3 Å². The van der Waals surface area contributed by atoms with Crippen molar-refractivity contribution >= 4 is 51.6 Å². The van der Waals surface area contributed by atoms with Crippen molar-refractivity contribution in [3.8, 4) is 16.9 Å². The first-order valence-electron chi connectivity index (χ1n) is 12.3. The van der Waals surface area contributed by atoms with Crippen molar-refractivity contribution < 1.29 is 15.0 Å². The summed E-state index contributed by atoms with van der Waals surface area (Å²) in [7, 11) is 1.56. The quantitative estimate of drug-likeness (QED) is 0.246. The summed E-state index contributed by atoms with van der Waals surface area (Å²) in [6.07, 6.45) is 5.61. The Balaban J connectivity index is 1.51. The highest BCUT2D eigenvalue weighted by Crippen LogP contribution is 2.36. The summed E-state index contributed by atoms with van der Waals surface area (Å²) >= 11 is 12.5. The lowest BCUT2D eigenvalue weighted by Crippen LogP contribution is -2.28. The van der Waals surface area contributed by atoms with Gasteiger partial charge in [-0.15, -0.1) is 0 Å². The van der Waals surface area contributed by atoms with E-state index in [9.17, 15) is 19.8 Å². The molecule has 5 N–H and O–H groups in total. The molecule has 204 valence electrons. The van der Waals surface area contributed by atoms with Gasteiger partial charge in [-0.2, -0.15) is 0 Å². The molecule has 4 aromatic rings. The molecule has 3 aromatic heterocycles. The van der Waals surface area contributed by atoms with Gasteiger partial charge in [0.25, 0.3) is 11.5 Å². The number of carbonyl (C=O) groups is 1. The number of nitrogens with one attached hydrogen (secondary N) is 1. The Hall–Kier alpha value is -3.80. The number of primary amides is 1. The Labute approximate surface area is 233 Å². The molecule has 1 aromatic carbocycles. The number of rotatable bonds is 7. The number of pyridine rings is 1. The number of phenols is 1. The monoisotopic (exact) mass is 571 g/mol. The van der Waals surface area contributed by atoms with E-state index >= 15 is 0 Å². The number of carbonyl (C=O) groups excluding carboxylic acids is 1. The minimum Gasteiger partial charge on any atom is -0.506 e. The van der Waals surface area contributed by atoms with Crippen LogP contribution in [0.1, 0.15) is 30.1 Å². The number of nitrogens with zero attached hydrogens (tertiary/aromatic N) is 5. The van der Waals surface area contributed by atoms with Gasteiger partial charge in [-0.3, -0.25) is 9.59 Å². The molecule has 13 heteroatoms. The number of aliphatic hydroxyl groups excluding tert-OH is 1. The van der Waals surface area contributed by atoms with Gasteiger partial charge in [0, 0.05) is 43.7 Å².